The number of imidazole rings is 1. The van der Waals surface area contributed by atoms with Crippen molar-refractivity contribution >= 4 is 23.8 Å². The second-order valence-electron chi connectivity index (χ2n) is 5.91. The molecule has 0 saturated heterocycles. The van der Waals surface area contributed by atoms with E-state index in [0.29, 0.717) is 18.5 Å². The standard InChI is InChI=1S/C16H23N5O8/c1-11(22)29-16(25)13(8-12-9-17-10-19-12)20-15(24)5-6-18-14(23)4-2-3-7-28-21(26)27/h9-10,13H,2-8H2,1H3,(H,17,19)(H,18,23)(H,20,24)/t13-/m0/s1. The average molecular weight is 413 g/mol. The lowest BCUT2D eigenvalue weighted by Gasteiger charge is -2.16. The summed E-state index contributed by atoms with van der Waals surface area (Å²) in [7, 11) is 0. The quantitative estimate of drug-likeness (QED) is 0.125. The maximum atomic E-state index is 12.1. The van der Waals surface area contributed by atoms with Gasteiger partial charge < -0.3 is 25.2 Å². The largest absolute Gasteiger partial charge is 0.392 e. The molecule has 160 valence electrons. The minimum absolute atomic E-state index is 0.0277. The van der Waals surface area contributed by atoms with E-state index >= 15 is 0 Å². The molecule has 0 aliphatic heterocycles. The highest BCUT2D eigenvalue weighted by atomic mass is 16.9. The number of amides is 2. The second-order valence-corrected chi connectivity index (χ2v) is 5.91. The monoisotopic (exact) mass is 413 g/mol. The van der Waals surface area contributed by atoms with Crippen molar-refractivity contribution in [3.05, 3.63) is 28.3 Å². The minimum atomic E-state index is -1.10. The Morgan fingerprint density at radius 3 is 2.62 bits per heavy atom. The van der Waals surface area contributed by atoms with E-state index in [1.807, 2.05) is 0 Å². The van der Waals surface area contributed by atoms with Crippen LogP contribution in [-0.2, 0) is 35.2 Å². The Hall–Kier alpha value is -3.51. The predicted octanol–water partition coefficient (Wildman–Crippen LogP) is -0.588. The Kier molecular flexibility index (Phi) is 10.4. The number of rotatable bonds is 13. The van der Waals surface area contributed by atoms with E-state index in [-0.39, 0.29) is 38.3 Å². The van der Waals surface area contributed by atoms with Crippen molar-refractivity contribution in [3.8, 4) is 0 Å². The van der Waals surface area contributed by atoms with E-state index in [2.05, 4.69) is 30.2 Å². The molecule has 0 spiro atoms. The highest BCUT2D eigenvalue weighted by Gasteiger charge is 2.24. The molecule has 1 aromatic heterocycles. The van der Waals surface area contributed by atoms with Crippen LogP contribution in [0.4, 0.5) is 0 Å². The number of hydrogen-bond donors (Lipinski definition) is 3. The molecule has 13 heteroatoms. The summed E-state index contributed by atoms with van der Waals surface area (Å²) in [5, 5.41) is 14.1. The summed E-state index contributed by atoms with van der Waals surface area (Å²) in [4.78, 5) is 67.5. The predicted molar refractivity (Wildman–Crippen MR) is 95.4 cm³/mol. The number of aromatic nitrogens is 2. The first-order valence-electron chi connectivity index (χ1n) is 8.81. The minimum Gasteiger partial charge on any atom is -0.392 e. The molecule has 0 aromatic carbocycles. The number of esters is 2. The van der Waals surface area contributed by atoms with Crippen molar-refractivity contribution in [1.82, 2.24) is 20.6 Å². The van der Waals surface area contributed by atoms with Crippen LogP contribution in [0, 0.1) is 10.1 Å². The molecule has 0 fully saturated rings. The van der Waals surface area contributed by atoms with Gasteiger partial charge in [0.1, 0.15) is 6.04 Å². The zero-order valence-corrected chi connectivity index (χ0v) is 15.8. The van der Waals surface area contributed by atoms with Crippen molar-refractivity contribution < 1.29 is 33.8 Å². The molecular weight excluding hydrogens is 390 g/mol. The summed E-state index contributed by atoms with van der Waals surface area (Å²) in [6.45, 7) is 1.02. The number of nitrogens with zero attached hydrogens (tertiary/aromatic N) is 2. The van der Waals surface area contributed by atoms with E-state index < -0.39 is 29.0 Å². The van der Waals surface area contributed by atoms with Crippen molar-refractivity contribution in [3.63, 3.8) is 0 Å². The Morgan fingerprint density at radius 2 is 2.00 bits per heavy atom. The van der Waals surface area contributed by atoms with Crippen LogP contribution in [0.5, 0.6) is 0 Å². The molecule has 0 aliphatic carbocycles. The van der Waals surface area contributed by atoms with Gasteiger partial charge in [-0.25, -0.2) is 9.78 Å². The normalized spacial score (nSPS) is 11.2. The van der Waals surface area contributed by atoms with Crippen LogP contribution in [0.3, 0.4) is 0 Å². The number of hydrogen-bond acceptors (Lipinski definition) is 9. The second kappa shape index (κ2) is 12.8. The maximum Gasteiger partial charge on any atom is 0.336 e. The first-order valence-corrected chi connectivity index (χ1v) is 8.81. The Labute approximate surface area is 165 Å². The fourth-order valence-electron chi connectivity index (χ4n) is 2.21. The van der Waals surface area contributed by atoms with Crippen LogP contribution in [-0.4, -0.2) is 58.0 Å². The van der Waals surface area contributed by atoms with Gasteiger partial charge in [0.15, 0.2) is 0 Å². The highest BCUT2D eigenvalue weighted by molar-refractivity contribution is 5.90. The molecule has 0 unspecified atom stereocenters. The number of H-pyrrole nitrogens is 1. The zero-order chi connectivity index (χ0) is 21.6. The molecule has 0 bridgehead atoms. The summed E-state index contributed by atoms with van der Waals surface area (Å²) in [5.74, 6) is -2.55. The van der Waals surface area contributed by atoms with E-state index in [4.69, 9.17) is 0 Å². The third-order valence-corrected chi connectivity index (χ3v) is 3.50. The Balaban J connectivity index is 2.34. The zero-order valence-electron chi connectivity index (χ0n) is 15.8. The van der Waals surface area contributed by atoms with E-state index in [9.17, 15) is 29.3 Å². The van der Waals surface area contributed by atoms with Gasteiger partial charge in [0.05, 0.1) is 18.6 Å². The molecule has 29 heavy (non-hydrogen) atoms. The molecule has 2 amide bonds. The topological polar surface area (TPSA) is 183 Å². The molecule has 0 radical (unpaired) electrons. The van der Waals surface area contributed by atoms with Gasteiger partial charge in [-0.2, -0.15) is 0 Å². The molecule has 0 aliphatic rings. The fraction of sp³-hybridized carbons (Fsp3) is 0.562. The molecule has 1 atom stereocenters. The first kappa shape index (κ1) is 23.5. The van der Waals surface area contributed by atoms with Crippen molar-refractivity contribution in [2.75, 3.05) is 13.2 Å². The molecule has 3 N–H and O–H groups in total. The van der Waals surface area contributed by atoms with Crippen LogP contribution < -0.4 is 10.6 Å². The average Bonchev–Trinajstić information content (AvgIpc) is 3.13. The van der Waals surface area contributed by atoms with Crippen molar-refractivity contribution in [2.45, 2.75) is 45.1 Å². The van der Waals surface area contributed by atoms with Crippen LogP contribution in [0.15, 0.2) is 12.5 Å². The lowest BCUT2D eigenvalue weighted by atomic mass is 10.1. The smallest absolute Gasteiger partial charge is 0.336 e. The SMILES string of the molecule is CC(=O)OC(=O)[C@H](Cc1c[nH]cn1)NC(=O)CCNC(=O)CCCCO[N+](=O)[O-]. The van der Waals surface area contributed by atoms with Gasteiger partial charge in [0.2, 0.25) is 11.8 Å². The molecular formula is C16H23N5O8. The highest BCUT2D eigenvalue weighted by Crippen LogP contribution is 2.02. The Morgan fingerprint density at radius 1 is 1.24 bits per heavy atom. The van der Waals surface area contributed by atoms with E-state index in [1.165, 1.54) is 12.5 Å². The van der Waals surface area contributed by atoms with Crippen LogP contribution in [0.1, 0.15) is 38.3 Å². The lowest BCUT2D eigenvalue weighted by molar-refractivity contribution is -0.757. The van der Waals surface area contributed by atoms with Gasteiger partial charge in [-0.1, -0.05) is 0 Å². The maximum absolute atomic E-state index is 12.1. The fourth-order valence-corrected chi connectivity index (χ4v) is 2.21. The van der Waals surface area contributed by atoms with Gasteiger partial charge in [0, 0.05) is 38.9 Å². The van der Waals surface area contributed by atoms with Gasteiger partial charge in [-0.15, -0.1) is 10.1 Å². The molecule has 1 heterocycles. The Bertz CT molecular complexity index is 706. The molecule has 1 aromatic rings. The summed E-state index contributed by atoms with van der Waals surface area (Å²) in [5.41, 5.74) is 0.491. The first-order chi connectivity index (χ1) is 13.8. The summed E-state index contributed by atoms with van der Waals surface area (Å²) < 4.78 is 4.53. The van der Waals surface area contributed by atoms with Gasteiger partial charge >= 0.3 is 11.9 Å². The number of nitrogens with one attached hydrogen (secondary N) is 3. The van der Waals surface area contributed by atoms with Crippen LogP contribution >= 0.6 is 0 Å². The number of carbonyl (C=O) groups is 4. The van der Waals surface area contributed by atoms with Gasteiger partial charge in [-0.05, 0) is 12.8 Å². The van der Waals surface area contributed by atoms with Crippen LogP contribution in [0.25, 0.3) is 0 Å². The molecule has 1 rings (SSSR count). The molecule has 13 nitrogen and oxygen atoms in total. The number of carbonyl (C=O) groups excluding carboxylic acids is 4. The summed E-state index contributed by atoms with van der Waals surface area (Å²) in [6, 6.07) is -1.10. The lowest BCUT2D eigenvalue weighted by Crippen LogP contribution is -2.44. The van der Waals surface area contributed by atoms with E-state index in [0.717, 1.165) is 6.92 Å². The number of unbranched alkanes of at least 4 members (excludes halogenated alkanes) is 1. The van der Waals surface area contributed by atoms with Crippen LogP contribution in [0.2, 0.25) is 0 Å². The van der Waals surface area contributed by atoms with Crippen molar-refractivity contribution in [2.24, 2.45) is 0 Å². The molecule has 0 saturated carbocycles. The third-order valence-electron chi connectivity index (χ3n) is 3.50. The summed E-state index contributed by atoms with van der Waals surface area (Å²) in [6.07, 6.45) is 3.76. The third kappa shape index (κ3) is 11.0. The number of ether oxygens (including phenoxy) is 1. The van der Waals surface area contributed by atoms with E-state index in [1.54, 1.807) is 0 Å². The van der Waals surface area contributed by atoms with Gasteiger partial charge in [-0.3, -0.25) is 14.4 Å². The van der Waals surface area contributed by atoms with Crippen molar-refractivity contribution in [1.29, 1.82) is 0 Å². The number of aromatic amines is 1. The summed E-state index contributed by atoms with van der Waals surface area (Å²) >= 11 is 0. The van der Waals surface area contributed by atoms with Gasteiger partial charge in [0.25, 0.3) is 5.09 Å².